The van der Waals surface area contributed by atoms with Crippen molar-refractivity contribution in [2.45, 2.75) is 23.9 Å². The molecule has 0 fully saturated rings. The highest BCUT2D eigenvalue weighted by Gasteiger charge is 2.36. The number of benzene rings is 3. The molecule has 1 atom stereocenters. The number of hydrogen-bond acceptors (Lipinski definition) is 4. The number of halogens is 2. The van der Waals surface area contributed by atoms with Crippen molar-refractivity contribution in [1.29, 1.82) is 5.26 Å². The predicted octanol–water partition coefficient (Wildman–Crippen LogP) is 3.27. The molecule has 1 aliphatic rings. The molecule has 9 heteroatoms. The quantitative estimate of drug-likeness (QED) is 0.642. The fraction of sp³-hybridized carbons (Fsp3) is 0.130. The number of anilines is 1. The monoisotopic (exact) mass is 453 g/mol. The van der Waals surface area contributed by atoms with Gasteiger partial charge in [-0.3, -0.25) is 4.79 Å². The second-order valence-corrected chi connectivity index (χ2v) is 9.06. The Morgan fingerprint density at radius 2 is 1.72 bits per heavy atom. The molecule has 6 nitrogen and oxygen atoms in total. The Balaban J connectivity index is 1.71. The van der Waals surface area contributed by atoms with E-state index in [1.54, 1.807) is 18.2 Å². The first kappa shape index (κ1) is 21.6. The Morgan fingerprint density at radius 3 is 2.38 bits per heavy atom. The van der Waals surface area contributed by atoms with E-state index in [1.165, 1.54) is 4.90 Å². The number of carbonyl (C=O) groups is 1. The van der Waals surface area contributed by atoms with Crippen LogP contribution < -0.4 is 9.62 Å². The first-order valence-corrected chi connectivity index (χ1v) is 11.1. The summed E-state index contributed by atoms with van der Waals surface area (Å²) in [5.41, 5.74) is 2.38. The number of amides is 1. The van der Waals surface area contributed by atoms with Gasteiger partial charge in [-0.1, -0.05) is 30.3 Å². The lowest BCUT2D eigenvalue weighted by atomic mass is 9.95. The molecule has 0 saturated carbocycles. The van der Waals surface area contributed by atoms with E-state index in [-0.39, 0.29) is 13.0 Å². The summed E-state index contributed by atoms with van der Waals surface area (Å²) in [4.78, 5) is 14.1. The minimum Gasteiger partial charge on any atom is -0.306 e. The SMILES string of the molecule is N#Cc1ccc2c(c1)CC(NS(=O)(=O)c1cc(F)cc(F)c1)C(=O)N2Cc1ccccc1. The zero-order valence-corrected chi connectivity index (χ0v) is 17.4. The van der Waals surface area contributed by atoms with E-state index in [0.29, 0.717) is 35.0 Å². The lowest BCUT2D eigenvalue weighted by Crippen LogP contribution is -2.52. The van der Waals surface area contributed by atoms with Crippen molar-refractivity contribution in [3.8, 4) is 6.07 Å². The molecule has 32 heavy (non-hydrogen) atoms. The molecule has 1 N–H and O–H groups in total. The van der Waals surface area contributed by atoms with Gasteiger partial charge in [0, 0.05) is 11.8 Å². The third-order valence-electron chi connectivity index (χ3n) is 5.11. The van der Waals surface area contributed by atoms with E-state index >= 15 is 0 Å². The Morgan fingerprint density at radius 1 is 1.03 bits per heavy atom. The number of carbonyl (C=O) groups excluding carboxylic acids is 1. The van der Waals surface area contributed by atoms with Crippen LogP contribution in [0.5, 0.6) is 0 Å². The number of nitrogens with one attached hydrogen (secondary N) is 1. The van der Waals surface area contributed by atoms with Crippen LogP contribution in [0.25, 0.3) is 0 Å². The molecule has 1 heterocycles. The van der Waals surface area contributed by atoms with Crippen molar-refractivity contribution in [1.82, 2.24) is 4.72 Å². The molecule has 0 saturated heterocycles. The Labute approximate surface area is 183 Å². The number of sulfonamides is 1. The van der Waals surface area contributed by atoms with Gasteiger partial charge in [-0.15, -0.1) is 0 Å². The first-order valence-electron chi connectivity index (χ1n) is 9.63. The van der Waals surface area contributed by atoms with E-state index in [0.717, 1.165) is 5.56 Å². The van der Waals surface area contributed by atoms with Crippen LogP contribution in [0.4, 0.5) is 14.5 Å². The highest BCUT2D eigenvalue weighted by Crippen LogP contribution is 2.31. The van der Waals surface area contributed by atoms with Crippen LogP contribution >= 0.6 is 0 Å². The van der Waals surface area contributed by atoms with E-state index in [2.05, 4.69) is 4.72 Å². The van der Waals surface area contributed by atoms with Crippen molar-refractivity contribution >= 4 is 21.6 Å². The van der Waals surface area contributed by atoms with Crippen LogP contribution in [-0.4, -0.2) is 20.4 Å². The van der Waals surface area contributed by atoms with Crippen LogP contribution in [0.2, 0.25) is 0 Å². The van der Waals surface area contributed by atoms with Gasteiger partial charge in [0.05, 0.1) is 23.1 Å². The second-order valence-electron chi connectivity index (χ2n) is 7.35. The number of nitriles is 1. The predicted molar refractivity (Wildman–Crippen MR) is 113 cm³/mol. The van der Waals surface area contributed by atoms with Crippen LogP contribution in [-0.2, 0) is 27.8 Å². The summed E-state index contributed by atoms with van der Waals surface area (Å²) in [5.74, 6) is -2.60. The van der Waals surface area contributed by atoms with Gasteiger partial charge in [-0.2, -0.15) is 9.98 Å². The zero-order valence-electron chi connectivity index (χ0n) is 16.6. The molecule has 0 bridgehead atoms. The number of fused-ring (bicyclic) bond motifs is 1. The molecule has 3 aromatic carbocycles. The summed E-state index contributed by atoms with van der Waals surface area (Å²) in [6.45, 7) is 0.186. The number of nitrogens with zero attached hydrogens (tertiary/aromatic N) is 2. The van der Waals surface area contributed by atoms with Crippen molar-refractivity contribution in [3.63, 3.8) is 0 Å². The van der Waals surface area contributed by atoms with E-state index in [4.69, 9.17) is 0 Å². The van der Waals surface area contributed by atoms with Crippen LogP contribution in [0.3, 0.4) is 0 Å². The third-order valence-corrected chi connectivity index (χ3v) is 6.57. The normalized spacial score (nSPS) is 15.8. The van der Waals surface area contributed by atoms with Gasteiger partial charge in [0.25, 0.3) is 0 Å². The second kappa shape index (κ2) is 8.49. The van der Waals surface area contributed by atoms with Gasteiger partial charge < -0.3 is 4.90 Å². The highest BCUT2D eigenvalue weighted by molar-refractivity contribution is 7.89. The average Bonchev–Trinajstić information content (AvgIpc) is 2.76. The van der Waals surface area contributed by atoms with E-state index in [9.17, 15) is 27.3 Å². The van der Waals surface area contributed by atoms with Crippen LogP contribution in [0, 0.1) is 23.0 Å². The molecule has 1 aliphatic heterocycles. The van der Waals surface area contributed by atoms with Crippen molar-refractivity contribution < 1.29 is 22.0 Å². The summed E-state index contributed by atoms with van der Waals surface area (Å²) in [6.07, 6.45) is -0.00793. The molecule has 1 amide bonds. The molecule has 4 rings (SSSR count). The Kier molecular flexibility index (Phi) is 5.74. The van der Waals surface area contributed by atoms with Gasteiger partial charge in [0.1, 0.15) is 17.7 Å². The zero-order chi connectivity index (χ0) is 22.9. The molecule has 1 unspecified atom stereocenters. The summed E-state index contributed by atoms with van der Waals surface area (Å²) in [5, 5.41) is 9.23. The molecular weight excluding hydrogens is 436 g/mol. The molecule has 0 aromatic heterocycles. The lowest BCUT2D eigenvalue weighted by Gasteiger charge is -2.34. The van der Waals surface area contributed by atoms with E-state index < -0.39 is 38.5 Å². The standard InChI is InChI=1S/C23H17F2N3O3S/c24-18-10-19(25)12-20(11-18)32(30,31)27-21-9-17-8-16(13-26)6-7-22(17)28(23(21)29)14-15-4-2-1-3-5-15/h1-8,10-12,21,27H,9,14H2. The molecular formula is C23H17F2N3O3S. The van der Waals surface area contributed by atoms with Crippen molar-refractivity contribution in [2.75, 3.05) is 4.90 Å². The van der Waals surface area contributed by atoms with Crippen molar-refractivity contribution in [2.24, 2.45) is 0 Å². The largest absolute Gasteiger partial charge is 0.306 e. The minimum absolute atomic E-state index is 0.00793. The van der Waals surface area contributed by atoms with Gasteiger partial charge in [-0.25, -0.2) is 17.2 Å². The minimum atomic E-state index is -4.39. The summed E-state index contributed by atoms with van der Waals surface area (Å²) in [6, 6.07) is 16.7. The number of rotatable bonds is 5. The maximum Gasteiger partial charge on any atom is 0.245 e. The number of hydrogen-bond donors (Lipinski definition) is 1. The molecule has 3 aromatic rings. The summed E-state index contributed by atoms with van der Waals surface area (Å²) < 4.78 is 55.0. The smallest absolute Gasteiger partial charge is 0.245 e. The fourth-order valence-electron chi connectivity index (χ4n) is 3.66. The molecule has 0 aliphatic carbocycles. The van der Waals surface area contributed by atoms with Crippen LogP contribution in [0.1, 0.15) is 16.7 Å². The van der Waals surface area contributed by atoms with Gasteiger partial charge in [0.15, 0.2) is 0 Å². The van der Waals surface area contributed by atoms with Gasteiger partial charge in [-0.05, 0) is 47.9 Å². The first-order chi connectivity index (χ1) is 15.3. The fourth-order valence-corrected chi connectivity index (χ4v) is 4.89. The third kappa shape index (κ3) is 4.37. The maximum absolute atomic E-state index is 13.6. The van der Waals surface area contributed by atoms with Gasteiger partial charge in [0.2, 0.25) is 15.9 Å². The molecule has 0 radical (unpaired) electrons. The summed E-state index contributed by atoms with van der Waals surface area (Å²) >= 11 is 0. The average molecular weight is 453 g/mol. The van der Waals surface area contributed by atoms with E-state index in [1.807, 2.05) is 36.4 Å². The Bertz CT molecular complexity index is 1320. The highest BCUT2D eigenvalue weighted by atomic mass is 32.2. The van der Waals surface area contributed by atoms with Crippen LogP contribution in [0.15, 0.2) is 71.6 Å². The lowest BCUT2D eigenvalue weighted by molar-refractivity contribution is -0.120. The topological polar surface area (TPSA) is 90.3 Å². The molecule has 162 valence electrons. The Hall–Kier alpha value is -3.61. The summed E-state index contributed by atoms with van der Waals surface area (Å²) in [7, 11) is -4.39. The maximum atomic E-state index is 13.6. The molecule has 0 spiro atoms. The van der Waals surface area contributed by atoms with Gasteiger partial charge >= 0.3 is 0 Å². The van der Waals surface area contributed by atoms with Crippen molar-refractivity contribution in [3.05, 3.63) is 95.1 Å².